The lowest BCUT2D eigenvalue weighted by Crippen LogP contribution is -2.13. The van der Waals surface area contributed by atoms with Crippen LogP contribution in [0.3, 0.4) is 0 Å². The average molecular weight is 237 g/mol. The lowest BCUT2D eigenvalue weighted by Gasteiger charge is -2.21. The summed E-state index contributed by atoms with van der Waals surface area (Å²) in [4.78, 5) is 0. The number of ether oxygens (including phenoxy) is 1. The molecule has 1 fully saturated rings. The van der Waals surface area contributed by atoms with Crippen LogP contribution in [0.15, 0.2) is 18.2 Å². The fourth-order valence-electron chi connectivity index (χ4n) is 2.39. The molecule has 0 aliphatic heterocycles. The van der Waals surface area contributed by atoms with Gasteiger partial charge in [0.25, 0.3) is 0 Å². The number of hydrogen-bond donors (Lipinski definition) is 1. The fourth-order valence-corrected chi connectivity index (χ4v) is 2.39. The summed E-state index contributed by atoms with van der Waals surface area (Å²) >= 11 is 0. The summed E-state index contributed by atoms with van der Waals surface area (Å²) in [5, 5.41) is 0. The molecule has 0 atom stereocenters. The highest BCUT2D eigenvalue weighted by molar-refractivity contribution is 5.46. The van der Waals surface area contributed by atoms with Gasteiger partial charge in [-0.1, -0.05) is 25.3 Å². The van der Waals surface area contributed by atoms with Crippen molar-refractivity contribution < 1.29 is 9.13 Å². The van der Waals surface area contributed by atoms with Crippen LogP contribution in [-0.4, -0.2) is 6.61 Å². The summed E-state index contributed by atoms with van der Waals surface area (Å²) in [6.45, 7) is 1.29. The molecular formula is C14H20FNO. The highest BCUT2D eigenvalue weighted by atomic mass is 19.1. The Labute approximate surface area is 102 Å². The molecule has 2 N–H and O–H groups in total. The molecular weight excluding hydrogens is 217 g/mol. The van der Waals surface area contributed by atoms with Crippen molar-refractivity contribution in [3.8, 4) is 0 Å². The quantitative estimate of drug-likeness (QED) is 0.813. The van der Waals surface area contributed by atoms with Crippen LogP contribution >= 0.6 is 0 Å². The van der Waals surface area contributed by atoms with Crippen LogP contribution < -0.4 is 5.73 Å². The van der Waals surface area contributed by atoms with Crippen LogP contribution in [0.5, 0.6) is 0 Å². The first-order chi connectivity index (χ1) is 8.25. The van der Waals surface area contributed by atoms with E-state index in [0.29, 0.717) is 18.2 Å². The second kappa shape index (κ2) is 6.01. The first-order valence-corrected chi connectivity index (χ1v) is 6.37. The second-order valence-corrected chi connectivity index (χ2v) is 4.86. The number of nitrogens with two attached hydrogens (primary N) is 1. The highest BCUT2D eigenvalue weighted by Gasteiger charge is 2.13. The van der Waals surface area contributed by atoms with Crippen LogP contribution in [-0.2, 0) is 11.3 Å². The van der Waals surface area contributed by atoms with Gasteiger partial charge in [0, 0.05) is 17.9 Å². The molecule has 1 aromatic rings. The molecule has 0 bridgehead atoms. The average Bonchev–Trinajstić information content (AvgIpc) is 2.33. The maximum absolute atomic E-state index is 12.8. The van der Waals surface area contributed by atoms with Crippen LogP contribution in [0, 0.1) is 11.7 Å². The van der Waals surface area contributed by atoms with Gasteiger partial charge in [0.2, 0.25) is 0 Å². The third kappa shape index (κ3) is 3.70. The lowest BCUT2D eigenvalue weighted by atomic mass is 9.90. The van der Waals surface area contributed by atoms with Gasteiger partial charge in [-0.3, -0.25) is 0 Å². The molecule has 0 saturated heterocycles. The molecule has 0 radical (unpaired) electrons. The number of halogens is 1. The van der Waals surface area contributed by atoms with Gasteiger partial charge in [0.1, 0.15) is 5.82 Å². The summed E-state index contributed by atoms with van der Waals surface area (Å²) < 4.78 is 18.5. The minimum absolute atomic E-state index is 0.293. The first-order valence-electron chi connectivity index (χ1n) is 6.37. The zero-order valence-electron chi connectivity index (χ0n) is 10.1. The van der Waals surface area contributed by atoms with Crippen molar-refractivity contribution in [1.82, 2.24) is 0 Å². The van der Waals surface area contributed by atoms with Gasteiger partial charge >= 0.3 is 0 Å². The smallest absolute Gasteiger partial charge is 0.125 e. The van der Waals surface area contributed by atoms with Crippen LogP contribution in [0.25, 0.3) is 0 Å². The van der Waals surface area contributed by atoms with Gasteiger partial charge in [-0.25, -0.2) is 4.39 Å². The van der Waals surface area contributed by atoms with Crippen molar-refractivity contribution in [3.05, 3.63) is 29.6 Å². The summed E-state index contributed by atoms with van der Waals surface area (Å²) in [6, 6.07) is 4.47. The molecule has 1 aliphatic rings. The Kier molecular flexibility index (Phi) is 4.37. The van der Waals surface area contributed by atoms with Crippen molar-refractivity contribution in [3.63, 3.8) is 0 Å². The van der Waals surface area contributed by atoms with E-state index in [9.17, 15) is 4.39 Å². The van der Waals surface area contributed by atoms with Crippen molar-refractivity contribution in [2.45, 2.75) is 38.7 Å². The van der Waals surface area contributed by atoms with E-state index in [1.165, 1.54) is 44.2 Å². The molecule has 0 heterocycles. The molecule has 0 spiro atoms. The Hall–Kier alpha value is -1.09. The van der Waals surface area contributed by atoms with Gasteiger partial charge in [0.15, 0.2) is 0 Å². The summed E-state index contributed by atoms with van der Waals surface area (Å²) in [7, 11) is 0. The van der Waals surface area contributed by atoms with Gasteiger partial charge < -0.3 is 10.5 Å². The number of hydrogen-bond acceptors (Lipinski definition) is 2. The summed E-state index contributed by atoms with van der Waals surface area (Å²) in [5.74, 6) is 0.406. The minimum atomic E-state index is -0.293. The van der Waals surface area contributed by atoms with E-state index in [-0.39, 0.29) is 5.82 Å². The Balaban J connectivity index is 1.77. The molecule has 0 amide bonds. The van der Waals surface area contributed by atoms with Gasteiger partial charge in [0.05, 0.1) is 6.61 Å². The predicted molar refractivity (Wildman–Crippen MR) is 67.0 cm³/mol. The van der Waals surface area contributed by atoms with E-state index in [0.717, 1.165) is 12.2 Å². The molecule has 1 aromatic carbocycles. The molecule has 2 nitrogen and oxygen atoms in total. The minimum Gasteiger partial charge on any atom is -0.398 e. The number of nitrogen functional groups attached to an aromatic ring is 1. The van der Waals surface area contributed by atoms with E-state index in [1.54, 1.807) is 6.07 Å². The monoisotopic (exact) mass is 237 g/mol. The number of rotatable bonds is 4. The summed E-state index contributed by atoms with van der Waals surface area (Å²) in [6.07, 6.45) is 6.57. The maximum atomic E-state index is 12.8. The zero-order valence-corrected chi connectivity index (χ0v) is 10.1. The predicted octanol–water partition coefficient (Wildman–Crippen LogP) is 3.50. The van der Waals surface area contributed by atoms with E-state index < -0.39 is 0 Å². The van der Waals surface area contributed by atoms with Gasteiger partial charge in [-0.05, 0) is 30.9 Å². The third-order valence-electron chi connectivity index (χ3n) is 3.44. The molecule has 0 aromatic heterocycles. The van der Waals surface area contributed by atoms with E-state index in [1.807, 2.05) is 0 Å². The molecule has 2 rings (SSSR count). The standard InChI is InChI=1S/C14H20FNO/c15-13-7-6-12(14(16)8-13)10-17-9-11-4-2-1-3-5-11/h6-8,11H,1-5,9-10,16H2. The molecule has 0 unspecified atom stereocenters. The van der Waals surface area contributed by atoms with Crippen LogP contribution in [0.4, 0.5) is 10.1 Å². The Morgan fingerprint density at radius 3 is 2.71 bits per heavy atom. The van der Waals surface area contributed by atoms with Gasteiger partial charge in [-0.2, -0.15) is 0 Å². The maximum Gasteiger partial charge on any atom is 0.125 e. The van der Waals surface area contributed by atoms with E-state index >= 15 is 0 Å². The van der Waals surface area contributed by atoms with E-state index in [4.69, 9.17) is 10.5 Å². The third-order valence-corrected chi connectivity index (χ3v) is 3.44. The Bertz CT molecular complexity index is 361. The zero-order chi connectivity index (χ0) is 12.1. The highest BCUT2D eigenvalue weighted by Crippen LogP contribution is 2.24. The van der Waals surface area contributed by atoms with Crippen LogP contribution in [0.1, 0.15) is 37.7 Å². The topological polar surface area (TPSA) is 35.2 Å². The lowest BCUT2D eigenvalue weighted by molar-refractivity contribution is 0.0742. The van der Waals surface area contributed by atoms with Crippen molar-refractivity contribution in [1.29, 1.82) is 0 Å². The summed E-state index contributed by atoms with van der Waals surface area (Å²) in [5.41, 5.74) is 7.08. The molecule has 3 heteroatoms. The van der Waals surface area contributed by atoms with Crippen molar-refractivity contribution in [2.24, 2.45) is 5.92 Å². The largest absolute Gasteiger partial charge is 0.398 e. The van der Waals surface area contributed by atoms with Crippen LogP contribution in [0.2, 0.25) is 0 Å². The SMILES string of the molecule is Nc1cc(F)ccc1COCC1CCCCC1. The van der Waals surface area contributed by atoms with E-state index in [2.05, 4.69) is 0 Å². The number of benzene rings is 1. The normalized spacial score (nSPS) is 17.2. The first kappa shape index (κ1) is 12.4. The Morgan fingerprint density at radius 1 is 1.24 bits per heavy atom. The fraction of sp³-hybridized carbons (Fsp3) is 0.571. The Morgan fingerprint density at radius 2 is 2.00 bits per heavy atom. The van der Waals surface area contributed by atoms with Crippen molar-refractivity contribution >= 4 is 5.69 Å². The number of anilines is 1. The second-order valence-electron chi connectivity index (χ2n) is 4.86. The van der Waals surface area contributed by atoms with Gasteiger partial charge in [-0.15, -0.1) is 0 Å². The van der Waals surface area contributed by atoms with Crippen molar-refractivity contribution in [2.75, 3.05) is 12.3 Å². The molecule has 94 valence electrons. The molecule has 1 saturated carbocycles. The molecule has 17 heavy (non-hydrogen) atoms. The molecule has 1 aliphatic carbocycles.